The summed E-state index contributed by atoms with van der Waals surface area (Å²) in [6, 6.07) is 12.1. The summed E-state index contributed by atoms with van der Waals surface area (Å²) in [5.41, 5.74) is 1.90. The maximum atomic E-state index is 12.3. The maximum Gasteiger partial charge on any atom is 0.267 e. The lowest BCUT2D eigenvalue weighted by atomic mass is 10.2. The number of anilines is 2. The van der Waals surface area contributed by atoms with Crippen LogP contribution in [0.25, 0.3) is 0 Å². The number of methoxy groups -OCH3 is 2. The fourth-order valence-corrected chi connectivity index (χ4v) is 2.27. The summed E-state index contributed by atoms with van der Waals surface area (Å²) in [7, 11) is 3.07. The molecule has 0 bridgehead atoms. The van der Waals surface area contributed by atoms with Crippen LogP contribution in [0, 0.1) is 18.3 Å². The molecule has 2 N–H and O–H groups in total. The third kappa shape index (κ3) is 4.68. The van der Waals surface area contributed by atoms with E-state index in [-0.39, 0.29) is 5.57 Å². The van der Waals surface area contributed by atoms with Crippen LogP contribution in [0.3, 0.4) is 0 Å². The number of aryl methyl sites for hydroxylation is 1. The Morgan fingerprint density at radius 2 is 1.88 bits per heavy atom. The van der Waals surface area contributed by atoms with Crippen LogP contribution in [0.1, 0.15) is 5.56 Å². The maximum absolute atomic E-state index is 12.3. The zero-order valence-electron chi connectivity index (χ0n) is 14.6. The first-order chi connectivity index (χ1) is 12.5. The van der Waals surface area contributed by atoms with Gasteiger partial charge in [0.25, 0.3) is 5.91 Å². The average molecular weight is 372 g/mol. The number of benzene rings is 2. The van der Waals surface area contributed by atoms with E-state index in [4.69, 9.17) is 21.1 Å². The van der Waals surface area contributed by atoms with E-state index >= 15 is 0 Å². The van der Waals surface area contributed by atoms with Crippen LogP contribution in [0.5, 0.6) is 11.5 Å². The van der Waals surface area contributed by atoms with Crippen molar-refractivity contribution in [2.45, 2.75) is 6.92 Å². The zero-order chi connectivity index (χ0) is 19.1. The predicted octanol–water partition coefficient (Wildman–Crippen LogP) is 4.12. The zero-order valence-corrected chi connectivity index (χ0v) is 15.3. The lowest BCUT2D eigenvalue weighted by molar-refractivity contribution is -0.112. The van der Waals surface area contributed by atoms with Gasteiger partial charge in [0, 0.05) is 23.0 Å². The molecule has 7 heteroatoms. The molecule has 6 nitrogen and oxygen atoms in total. The molecule has 0 atom stereocenters. The fourth-order valence-electron chi connectivity index (χ4n) is 2.12. The molecular formula is C19H18ClN3O3. The van der Waals surface area contributed by atoms with E-state index < -0.39 is 5.91 Å². The molecular weight excluding hydrogens is 354 g/mol. The third-order valence-corrected chi connectivity index (χ3v) is 3.97. The highest BCUT2D eigenvalue weighted by Crippen LogP contribution is 2.31. The number of carbonyl (C=O) groups excluding carboxylic acids is 1. The number of rotatable bonds is 6. The molecule has 0 aliphatic heterocycles. The number of nitrogens with one attached hydrogen (secondary N) is 2. The fraction of sp³-hybridized carbons (Fsp3) is 0.158. The second-order valence-electron chi connectivity index (χ2n) is 5.30. The number of nitrogens with zero attached hydrogens (tertiary/aromatic N) is 1. The van der Waals surface area contributed by atoms with Gasteiger partial charge < -0.3 is 20.1 Å². The normalized spacial score (nSPS) is 10.7. The predicted molar refractivity (Wildman–Crippen MR) is 102 cm³/mol. The highest BCUT2D eigenvalue weighted by atomic mass is 35.5. The molecule has 134 valence electrons. The van der Waals surface area contributed by atoms with Crippen LogP contribution in [-0.2, 0) is 4.79 Å². The molecule has 0 aliphatic carbocycles. The summed E-state index contributed by atoms with van der Waals surface area (Å²) in [6.45, 7) is 1.85. The monoisotopic (exact) mass is 371 g/mol. The van der Waals surface area contributed by atoms with Crippen molar-refractivity contribution < 1.29 is 14.3 Å². The molecule has 0 radical (unpaired) electrons. The molecule has 0 fully saturated rings. The smallest absolute Gasteiger partial charge is 0.267 e. The summed E-state index contributed by atoms with van der Waals surface area (Å²) < 4.78 is 10.3. The number of halogens is 1. The minimum atomic E-state index is -0.533. The van der Waals surface area contributed by atoms with Gasteiger partial charge in [-0.15, -0.1) is 0 Å². The number of carbonyl (C=O) groups is 1. The Morgan fingerprint density at radius 1 is 1.19 bits per heavy atom. The summed E-state index contributed by atoms with van der Waals surface area (Å²) in [4.78, 5) is 12.3. The van der Waals surface area contributed by atoms with Crippen molar-refractivity contribution in [2.75, 3.05) is 24.9 Å². The summed E-state index contributed by atoms with van der Waals surface area (Å²) in [6.07, 6.45) is 1.32. The van der Waals surface area contributed by atoms with Gasteiger partial charge in [-0.2, -0.15) is 5.26 Å². The van der Waals surface area contributed by atoms with E-state index in [1.165, 1.54) is 13.3 Å². The van der Waals surface area contributed by atoms with Gasteiger partial charge in [0.2, 0.25) is 0 Å². The van der Waals surface area contributed by atoms with Crippen molar-refractivity contribution in [2.24, 2.45) is 0 Å². The van der Waals surface area contributed by atoms with Crippen molar-refractivity contribution in [3.8, 4) is 17.6 Å². The molecule has 26 heavy (non-hydrogen) atoms. The first-order valence-corrected chi connectivity index (χ1v) is 8.02. The Kier molecular flexibility index (Phi) is 6.48. The number of hydrogen-bond donors (Lipinski definition) is 2. The Morgan fingerprint density at radius 3 is 2.46 bits per heavy atom. The second kappa shape index (κ2) is 8.79. The largest absolute Gasteiger partial charge is 0.497 e. The SMILES string of the molecule is COc1ccc(NC(=O)/C(C#N)=C\Nc2cc(C)c(Cl)cc2OC)cc1. The molecule has 0 unspecified atom stereocenters. The average Bonchev–Trinajstić information content (AvgIpc) is 2.65. The topological polar surface area (TPSA) is 83.4 Å². The molecule has 0 heterocycles. The molecule has 0 aliphatic rings. The molecule has 1 amide bonds. The van der Waals surface area contributed by atoms with E-state index in [2.05, 4.69) is 10.6 Å². The number of nitriles is 1. The first-order valence-electron chi connectivity index (χ1n) is 7.64. The molecule has 0 saturated carbocycles. The Balaban J connectivity index is 2.15. The van der Waals surface area contributed by atoms with Gasteiger partial charge in [0.15, 0.2) is 0 Å². The van der Waals surface area contributed by atoms with Gasteiger partial charge in [-0.3, -0.25) is 4.79 Å². The number of ether oxygens (including phenoxy) is 2. The van der Waals surface area contributed by atoms with E-state index in [0.717, 1.165) is 5.56 Å². The number of amides is 1. The van der Waals surface area contributed by atoms with E-state index in [1.807, 2.05) is 13.0 Å². The van der Waals surface area contributed by atoms with Crippen molar-refractivity contribution in [1.82, 2.24) is 0 Å². The summed E-state index contributed by atoms with van der Waals surface area (Å²) in [5, 5.41) is 15.4. The quantitative estimate of drug-likeness (QED) is 0.589. The molecule has 0 saturated heterocycles. The molecule has 0 aromatic heterocycles. The molecule has 2 rings (SSSR count). The second-order valence-corrected chi connectivity index (χ2v) is 5.71. The van der Waals surface area contributed by atoms with E-state index in [0.29, 0.717) is 27.9 Å². The molecule has 2 aromatic carbocycles. The van der Waals surface area contributed by atoms with Crippen molar-refractivity contribution in [3.05, 3.63) is 58.8 Å². The minimum absolute atomic E-state index is 0.0875. The lowest BCUT2D eigenvalue weighted by Gasteiger charge is -2.11. The highest BCUT2D eigenvalue weighted by Gasteiger charge is 2.11. The van der Waals surface area contributed by atoms with E-state index in [1.54, 1.807) is 43.5 Å². The minimum Gasteiger partial charge on any atom is -0.497 e. The van der Waals surface area contributed by atoms with Gasteiger partial charge in [0.05, 0.1) is 19.9 Å². The number of hydrogen-bond acceptors (Lipinski definition) is 5. The van der Waals surface area contributed by atoms with Gasteiger partial charge >= 0.3 is 0 Å². The molecule has 0 spiro atoms. The van der Waals surface area contributed by atoms with Crippen LogP contribution < -0.4 is 20.1 Å². The van der Waals surface area contributed by atoms with Crippen LogP contribution in [0.4, 0.5) is 11.4 Å². The van der Waals surface area contributed by atoms with Crippen molar-refractivity contribution in [1.29, 1.82) is 5.26 Å². The summed E-state index contributed by atoms with van der Waals surface area (Å²) >= 11 is 6.07. The lowest BCUT2D eigenvalue weighted by Crippen LogP contribution is -2.14. The van der Waals surface area contributed by atoms with Gasteiger partial charge in [-0.25, -0.2) is 0 Å². The molecule has 2 aromatic rings. The van der Waals surface area contributed by atoms with Crippen molar-refractivity contribution in [3.63, 3.8) is 0 Å². The first kappa shape index (κ1) is 19.2. The summed E-state index contributed by atoms with van der Waals surface area (Å²) in [5.74, 6) is 0.644. The third-order valence-electron chi connectivity index (χ3n) is 3.57. The van der Waals surface area contributed by atoms with Crippen LogP contribution in [0.15, 0.2) is 48.2 Å². The standard InChI is InChI=1S/C19H18ClN3O3/c1-12-8-17(18(26-3)9-16(12)20)22-11-13(10-21)19(24)23-14-4-6-15(25-2)7-5-14/h4-9,11,22H,1-3H3,(H,23,24)/b13-11-. The van der Waals surface area contributed by atoms with Crippen LogP contribution in [0.2, 0.25) is 5.02 Å². The van der Waals surface area contributed by atoms with Crippen LogP contribution >= 0.6 is 11.6 Å². The highest BCUT2D eigenvalue weighted by molar-refractivity contribution is 6.31. The van der Waals surface area contributed by atoms with Gasteiger partial charge in [-0.05, 0) is 42.8 Å². The van der Waals surface area contributed by atoms with Gasteiger partial charge in [0.1, 0.15) is 23.1 Å². The Bertz CT molecular complexity index is 871. The Labute approximate surface area is 157 Å². The van der Waals surface area contributed by atoms with E-state index in [9.17, 15) is 10.1 Å². The Hall–Kier alpha value is -3.17. The van der Waals surface area contributed by atoms with Gasteiger partial charge in [-0.1, -0.05) is 11.6 Å². The van der Waals surface area contributed by atoms with Crippen molar-refractivity contribution >= 4 is 28.9 Å². The van der Waals surface area contributed by atoms with Crippen LogP contribution in [-0.4, -0.2) is 20.1 Å².